The van der Waals surface area contributed by atoms with Gasteiger partial charge in [-0.3, -0.25) is 9.67 Å². The van der Waals surface area contributed by atoms with Crippen LogP contribution in [0, 0.1) is 0 Å². The van der Waals surface area contributed by atoms with Gasteiger partial charge in [0.15, 0.2) is 0 Å². The normalized spacial score (nSPS) is 12.6. The molecule has 0 aliphatic heterocycles. The molecule has 0 saturated heterocycles. The zero-order valence-electron chi connectivity index (χ0n) is 12.0. The minimum atomic E-state index is -0.00532. The Labute approximate surface area is 125 Å². The minimum Gasteiger partial charge on any atom is -0.305 e. The largest absolute Gasteiger partial charge is 0.305 e. The molecule has 1 N–H and O–H groups in total. The number of pyridine rings is 1. The maximum atomic E-state index is 6.29. The molecule has 20 heavy (non-hydrogen) atoms. The van der Waals surface area contributed by atoms with Crippen LogP contribution in [0.4, 0.5) is 0 Å². The third-order valence-electron chi connectivity index (χ3n) is 3.10. The molecule has 2 heterocycles. The van der Waals surface area contributed by atoms with Crippen LogP contribution in [0.25, 0.3) is 0 Å². The Hall–Kier alpha value is -1.39. The van der Waals surface area contributed by atoms with Crippen LogP contribution in [0.5, 0.6) is 0 Å². The molecule has 4 nitrogen and oxygen atoms in total. The molecule has 0 radical (unpaired) electrons. The molecule has 2 aromatic heterocycles. The van der Waals surface area contributed by atoms with E-state index in [-0.39, 0.29) is 6.04 Å². The monoisotopic (exact) mass is 292 g/mol. The van der Waals surface area contributed by atoms with Crippen molar-refractivity contribution in [1.29, 1.82) is 0 Å². The van der Waals surface area contributed by atoms with Gasteiger partial charge >= 0.3 is 0 Å². The zero-order chi connectivity index (χ0) is 14.4. The van der Waals surface area contributed by atoms with Gasteiger partial charge in [-0.1, -0.05) is 25.4 Å². The molecule has 0 saturated carbocycles. The zero-order valence-corrected chi connectivity index (χ0v) is 12.8. The second kappa shape index (κ2) is 7.41. The minimum absolute atomic E-state index is 0.00532. The van der Waals surface area contributed by atoms with Gasteiger partial charge in [-0.25, -0.2) is 0 Å². The number of halogens is 1. The van der Waals surface area contributed by atoms with Crippen molar-refractivity contribution in [2.24, 2.45) is 0 Å². The van der Waals surface area contributed by atoms with E-state index in [2.05, 4.69) is 35.4 Å². The van der Waals surface area contributed by atoms with Crippen molar-refractivity contribution in [3.05, 3.63) is 47.0 Å². The molecule has 0 spiro atoms. The van der Waals surface area contributed by atoms with Gasteiger partial charge in [0, 0.05) is 24.5 Å². The number of nitrogens with zero attached hydrogens (tertiary/aromatic N) is 3. The van der Waals surface area contributed by atoms with Crippen molar-refractivity contribution in [3.8, 4) is 0 Å². The van der Waals surface area contributed by atoms with Gasteiger partial charge in [-0.15, -0.1) is 0 Å². The summed E-state index contributed by atoms with van der Waals surface area (Å²) in [4.78, 5) is 4.43. The Balaban J connectivity index is 2.29. The third-order valence-corrected chi connectivity index (χ3v) is 3.42. The fourth-order valence-corrected chi connectivity index (χ4v) is 2.38. The Morgan fingerprint density at radius 1 is 1.35 bits per heavy atom. The first-order chi connectivity index (χ1) is 9.76. The van der Waals surface area contributed by atoms with E-state index >= 15 is 0 Å². The molecule has 0 fully saturated rings. The van der Waals surface area contributed by atoms with E-state index in [9.17, 15) is 0 Å². The van der Waals surface area contributed by atoms with Crippen LogP contribution in [0.2, 0.25) is 5.02 Å². The molecule has 2 rings (SSSR count). The number of aromatic nitrogens is 3. The average Bonchev–Trinajstić information content (AvgIpc) is 2.90. The lowest BCUT2D eigenvalue weighted by atomic mass is 10.1. The summed E-state index contributed by atoms with van der Waals surface area (Å²) in [5.74, 6) is 0. The van der Waals surface area contributed by atoms with Gasteiger partial charge < -0.3 is 5.32 Å². The van der Waals surface area contributed by atoms with Crippen LogP contribution in [-0.2, 0) is 6.54 Å². The van der Waals surface area contributed by atoms with Crippen molar-refractivity contribution in [3.63, 3.8) is 0 Å². The highest BCUT2D eigenvalue weighted by molar-refractivity contribution is 6.31. The number of hydrogen-bond donors (Lipinski definition) is 1. The number of nitrogens with one attached hydrogen (secondary N) is 1. The molecular weight excluding hydrogens is 272 g/mol. The van der Waals surface area contributed by atoms with E-state index in [1.165, 1.54) is 0 Å². The van der Waals surface area contributed by atoms with Crippen LogP contribution in [0.1, 0.15) is 44.0 Å². The molecular formula is C15H21ClN4. The fourth-order valence-electron chi connectivity index (χ4n) is 2.15. The fraction of sp³-hybridized carbons (Fsp3) is 0.467. The van der Waals surface area contributed by atoms with Crippen LogP contribution >= 0.6 is 11.6 Å². The van der Waals surface area contributed by atoms with Gasteiger partial charge in [0.2, 0.25) is 0 Å². The van der Waals surface area contributed by atoms with Crippen LogP contribution in [-0.4, -0.2) is 21.3 Å². The molecule has 2 aromatic rings. The van der Waals surface area contributed by atoms with Crippen molar-refractivity contribution in [1.82, 2.24) is 20.1 Å². The molecule has 0 amide bonds. The third kappa shape index (κ3) is 3.58. The van der Waals surface area contributed by atoms with Gasteiger partial charge in [-0.2, -0.15) is 5.10 Å². The summed E-state index contributed by atoms with van der Waals surface area (Å²) in [6.45, 7) is 6.13. The first-order valence-corrected chi connectivity index (χ1v) is 7.50. The van der Waals surface area contributed by atoms with E-state index in [0.29, 0.717) is 5.02 Å². The highest BCUT2D eigenvalue weighted by Crippen LogP contribution is 2.26. The van der Waals surface area contributed by atoms with Crippen LogP contribution in [0.15, 0.2) is 30.7 Å². The molecule has 0 aromatic carbocycles. The lowest BCUT2D eigenvalue weighted by Crippen LogP contribution is -2.24. The molecule has 5 heteroatoms. The number of hydrogen-bond acceptors (Lipinski definition) is 3. The van der Waals surface area contributed by atoms with Crippen molar-refractivity contribution in [2.45, 2.75) is 39.3 Å². The van der Waals surface area contributed by atoms with Gasteiger partial charge in [0.1, 0.15) is 0 Å². The summed E-state index contributed by atoms with van der Waals surface area (Å²) in [5.41, 5.74) is 1.96. The first-order valence-electron chi connectivity index (χ1n) is 7.12. The molecule has 1 unspecified atom stereocenters. The summed E-state index contributed by atoms with van der Waals surface area (Å²) >= 11 is 6.29. The second-order valence-electron chi connectivity index (χ2n) is 4.79. The van der Waals surface area contributed by atoms with E-state index < -0.39 is 0 Å². The Bertz CT molecular complexity index is 538. The quantitative estimate of drug-likeness (QED) is 0.850. The summed E-state index contributed by atoms with van der Waals surface area (Å²) in [6.07, 6.45) is 7.87. The molecule has 0 aliphatic rings. The molecule has 0 bridgehead atoms. The second-order valence-corrected chi connectivity index (χ2v) is 5.20. The van der Waals surface area contributed by atoms with E-state index in [1.54, 1.807) is 6.20 Å². The van der Waals surface area contributed by atoms with Crippen LogP contribution in [0.3, 0.4) is 0 Å². The predicted molar refractivity (Wildman–Crippen MR) is 81.9 cm³/mol. The topological polar surface area (TPSA) is 42.7 Å². The number of rotatable bonds is 7. The Morgan fingerprint density at radius 2 is 2.20 bits per heavy atom. The highest BCUT2D eigenvalue weighted by atomic mass is 35.5. The Morgan fingerprint density at radius 3 is 2.90 bits per heavy atom. The Kier molecular flexibility index (Phi) is 5.56. The SMILES string of the molecule is CCCNC(c1cnn(CCC)c1)c1ncccc1Cl. The average molecular weight is 293 g/mol. The maximum absolute atomic E-state index is 6.29. The van der Waals surface area contributed by atoms with Gasteiger partial charge in [0.25, 0.3) is 0 Å². The molecule has 108 valence electrons. The molecule has 0 aliphatic carbocycles. The summed E-state index contributed by atoms with van der Waals surface area (Å²) < 4.78 is 1.97. The smallest absolute Gasteiger partial charge is 0.0805 e. The van der Waals surface area contributed by atoms with E-state index in [4.69, 9.17) is 11.6 Å². The van der Waals surface area contributed by atoms with Gasteiger partial charge in [0.05, 0.1) is 23.0 Å². The van der Waals surface area contributed by atoms with Crippen molar-refractivity contribution in [2.75, 3.05) is 6.54 Å². The summed E-state index contributed by atoms with van der Waals surface area (Å²) in [5, 5.41) is 8.58. The number of aryl methyl sites for hydroxylation is 1. The highest BCUT2D eigenvalue weighted by Gasteiger charge is 2.19. The van der Waals surface area contributed by atoms with Crippen LogP contribution < -0.4 is 5.32 Å². The van der Waals surface area contributed by atoms with Crippen molar-refractivity contribution < 1.29 is 0 Å². The van der Waals surface area contributed by atoms with Gasteiger partial charge in [-0.05, 0) is 31.5 Å². The van der Waals surface area contributed by atoms with E-state index in [0.717, 1.165) is 37.2 Å². The molecule has 1 atom stereocenters. The lowest BCUT2D eigenvalue weighted by molar-refractivity contribution is 0.580. The summed E-state index contributed by atoms with van der Waals surface area (Å²) in [7, 11) is 0. The standard InChI is InChI=1S/C15H21ClN4/c1-3-7-17-14(15-13(16)6-5-8-18-15)12-10-19-20(11-12)9-4-2/h5-6,8,10-11,14,17H,3-4,7,9H2,1-2H3. The van der Waals surface area contributed by atoms with Crippen molar-refractivity contribution >= 4 is 11.6 Å². The first kappa shape index (κ1) is 15.0. The summed E-state index contributed by atoms with van der Waals surface area (Å²) in [6, 6.07) is 3.72. The van der Waals surface area contributed by atoms with E-state index in [1.807, 2.05) is 23.0 Å². The predicted octanol–water partition coefficient (Wildman–Crippen LogP) is 3.43. The maximum Gasteiger partial charge on any atom is 0.0805 e. The lowest BCUT2D eigenvalue weighted by Gasteiger charge is -2.17.